The van der Waals surface area contributed by atoms with Crippen molar-refractivity contribution in [3.63, 3.8) is 0 Å². The topological polar surface area (TPSA) is 70.2 Å². The lowest BCUT2D eigenvalue weighted by atomic mass is 9.92. The number of hydrogen-bond acceptors (Lipinski definition) is 3. The summed E-state index contributed by atoms with van der Waals surface area (Å²) in [7, 11) is 0. The SMILES string of the molecule is CC(C)(C)CC(=O)Nc1ccc(Cl)c(C(=O)NCCC2CCCNC2)c1. The summed E-state index contributed by atoms with van der Waals surface area (Å²) in [4.78, 5) is 24.5. The standard InChI is InChI=1S/C20H30ClN3O2/c1-20(2,3)12-18(25)24-15-6-7-17(21)16(11-15)19(26)23-10-8-14-5-4-9-22-13-14/h6-7,11,14,22H,4-5,8-10,12-13H2,1-3H3,(H,23,26)(H,24,25). The van der Waals surface area contributed by atoms with Crippen molar-refractivity contribution in [1.29, 1.82) is 0 Å². The number of rotatable bonds is 6. The summed E-state index contributed by atoms with van der Waals surface area (Å²) in [6, 6.07) is 5.00. The zero-order valence-electron chi connectivity index (χ0n) is 16.0. The van der Waals surface area contributed by atoms with Crippen LogP contribution in [0, 0.1) is 11.3 Å². The van der Waals surface area contributed by atoms with Gasteiger partial charge in [0.15, 0.2) is 0 Å². The van der Waals surface area contributed by atoms with E-state index in [1.807, 2.05) is 20.8 Å². The minimum Gasteiger partial charge on any atom is -0.352 e. The molecule has 2 rings (SSSR count). The average molecular weight is 380 g/mol. The van der Waals surface area contributed by atoms with Crippen LogP contribution < -0.4 is 16.0 Å². The Labute approximate surface area is 161 Å². The molecule has 26 heavy (non-hydrogen) atoms. The molecule has 1 saturated heterocycles. The Morgan fingerprint density at radius 2 is 2.08 bits per heavy atom. The summed E-state index contributed by atoms with van der Waals surface area (Å²) >= 11 is 6.18. The highest BCUT2D eigenvalue weighted by Crippen LogP contribution is 2.23. The number of nitrogens with one attached hydrogen (secondary N) is 3. The Morgan fingerprint density at radius 3 is 2.73 bits per heavy atom. The number of anilines is 1. The third-order valence-corrected chi connectivity index (χ3v) is 4.75. The second kappa shape index (κ2) is 9.38. The van der Waals surface area contributed by atoms with E-state index in [0.29, 0.717) is 35.2 Å². The van der Waals surface area contributed by atoms with Gasteiger partial charge in [-0.3, -0.25) is 9.59 Å². The molecule has 6 heteroatoms. The van der Waals surface area contributed by atoms with Crippen LogP contribution >= 0.6 is 11.6 Å². The number of carbonyl (C=O) groups excluding carboxylic acids is 2. The molecule has 1 aromatic rings. The van der Waals surface area contributed by atoms with Crippen molar-refractivity contribution in [1.82, 2.24) is 10.6 Å². The molecule has 1 unspecified atom stereocenters. The first-order chi connectivity index (χ1) is 12.2. The lowest BCUT2D eigenvalue weighted by molar-refractivity contribution is -0.117. The molecular weight excluding hydrogens is 350 g/mol. The van der Waals surface area contributed by atoms with E-state index in [2.05, 4.69) is 16.0 Å². The fraction of sp³-hybridized carbons (Fsp3) is 0.600. The molecule has 5 nitrogen and oxygen atoms in total. The highest BCUT2D eigenvalue weighted by Gasteiger charge is 2.18. The molecule has 0 bridgehead atoms. The quantitative estimate of drug-likeness (QED) is 0.703. The Hall–Kier alpha value is -1.59. The summed E-state index contributed by atoms with van der Waals surface area (Å²) in [5, 5.41) is 9.55. The van der Waals surface area contributed by atoms with Crippen LogP contribution in [0.1, 0.15) is 56.8 Å². The van der Waals surface area contributed by atoms with Crippen LogP contribution in [0.15, 0.2) is 18.2 Å². The van der Waals surface area contributed by atoms with Gasteiger partial charge in [0.1, 0.15) is 0 Å². The zero-order valence-corrected chi connectivity index (χ0v) is 16.7. The molecule has 1 aromatic carbocycles. The Kier molecular flexibility index (Phi) is 7.47. The largest absolute Gasteiger partial charge is 0.352 e. The normalized spacial score (nSPS) is 17.6. The van der Waals surface area contributed by atoms with E-state index < -0.39 is 0 Å². The van der Waals surface area contributed by atoms with Crippen molar-refractivity contribution in [3.8, 4) is 0 Å². The van der Waals surface area contributed by atoms with Gasteiger partial charge in [0, 0.05) is 18.7 Å². The van der Waals surface area contributed by atoms with E-state index in [1.54, 1.807) is 18.2 Å². The molecule has 2 amide bonds. The molecule has 1 fully saturated rings. The Balaban J connectivity index is 1.90. The van der Waals surface area contributed by atoms with Crippen molar-refractivity contribution in [2.45, 2.75) is 46.5 Å². The summed E-state index contributed by atoms with van der Waals surface area (Å²) in [6.45, 7) is 8.76. The van der Waals surface area contributed by atoms with Crippen LogP contribution in [0.5, 0.6) is 0 Å². The van der Waals surface area contributed by atoms with Crippen molar-refractivity contribution in [2.24, 2.45) is 11.3 Å². The van der Waals surface area contributed by atoms with E-state index in [-0.39, 0.29) is 17.2 Å². The van der Waals surface area contributed by atoms with Crippen molar-refractivity contribution in [2.75, 3.05) is 25.0 Å². The lowest BCUT2D eigenvalue weighted by Crippen LogP contribution is -2.33. The maximum absolute atomic E-state index is 12.5. The monoisotopic (exact) mass is 379 g/mol. The Bertz CT molecular complexity index is 634. The highest BCUT2D eigenvalue weighted by molar-refractivity contribution is 6.34. The first-order valence-corrected chi connectivity index (χ1v) is 9.71. The molecule has 1 aliphatic rings. The van der Waals surface area contributed by atoms with Crippen LogP contribution in [0.4, 0.5) is 5.69 Å². The van der Waals surface area contributed by atoms with Crippen molar-refractivity contribution < 1.29 is 9.59 Å². The van der Waals surface area contributed by atoms with Gasteiger partial charge in [0.2, 0.25) is 5.91 Å². The maximum atomic E-state index is 12.5. The molecule has 1 atom stereocenters. The number of benzene rings is 1. The fourth-order valence-corrected chi connectivity index (χ4v) is 3.32. The first-order valence-electron chi connectivity index (χ1n) is 9.33. The van der Waals surface area contributed by atoms with Crippen LogP contribution in [0.2, 0.25) is 5.02 Å². The summed E-state index contributed by atoms with van der Waals surface area (Å²) in [6.07, 6.45) is 3.77. The lowest BCUT2D eigenvalue weighted by Gasteiger charge is -2.22. The van der Waals surface area contributed by atoms with Crippen LogP contribution in [-0.4, -0.2) is 31.4 Å². The minimum absolute atomic E-state index is 0.0732. The highest BCUT2D eigenvalue weighted by atomic mass is 35.5. The van der Waals surface area contributed by atoms with Gasteiger partial charge < -0.3 is 16.0 Å². The zero-order chi connectivity index (χ0) is 19.2. The van der Waals surface area contributed by atoms with Gasteiger partial charge in [-0.15, -0.1) is 0 Å². The maximum Gasteiger partial charge on any atom is 0.252 e. The summed E-state index contributed by atoms with van der Waals surface area (Å²) in [5.41, 5.74) is 0.886. The fourth-order valence-electron chi connectivity index (χ4n) is 3.12. The number of halogens is 1. The summed E-state index contributed by atoms with van der Waals surface area (Å²) in [5.74, 6) is 0.337. The van der Waals surface area contributed by atoms with Crippen LogP contribution in [-0.2, 0) is 4.79 Å². The molecule has 1 heterocycles. The number of hydrogen-bond donors (Lipinski definition) is 3. The van der Waals surface area contributed by atoms with Crippen molar-refractivity contribution in [3.05, 3.63) is 28.8 Å². The van der Waals surface area contributed by atoms with E-state index in [0.717, 1.165) is 19.5 Å². The molecule has 1 aliphatic heterocycles. The first kappa shape index (κ1) is 20.7. The number of amides is 2. The Morgan fingerprint density at radius 1 is 1.31 bits per heavy atom. The molecule has 0 saturated carbocycles. The second-order valence-electron chi connectivity index (χ2n) is 8.24. The predicted molar refractivity (Wildman–Crippen MR) is 107 cm³/mol. The molecule has 0 aliphatic carbocycles. The van der Waals surface area contributed by atoms with Gasteiger partial charge in [0.25, 0.3) is 5.91 Å². The second-order valence-corrected chi connectivity index (χ2v) is 8.64. The van der Waals surface area contributed by atoms with E-state index in [4.69, 9.17) is 11.6 Å². The smallest absolute Gasteiger partial charge is 0.252 e. The van der Waals surface area contributed by atoms with Crippen LogP contribution in [0.25, 0.3) is 0 Å². The van der Waals surface area contributed by atoms with E-state index in [9.17, 15) is 9.59 Å². The van der Waals surface area contributed by atoms with Gasteiger partial charge in [-0.1, -0.05) is 32.4 Å². The van der Waals surface area contributed by atoms with Crippen LogP contribution in [0.3, 0.4) is 0 Å². The number of piperidine rings is 1. The van der Waals surface area contributed by atoms with Gasteiger partial charge in [-0.2, -0.15) is 0 Å². The molecule has 3 N–H and O–H groups in total. The summed E-state index contributed by atoms with van der Waals surface area (Å²) < 4.78 is 0. The molecule has 0 aromatic heterocycles. The van der Waals surface area contributed by atoms with Gasteiger partial charge >= 0.3 is 0 Å². The van der Waals surface area contributed by atoms with Gasteiger partial charge in [0.05, 0.1) is 10.6 Å². The molecule has 0 spiro atoms. The van der Waals surface area contributed by atoms with Gasteiger partial charge in [-0.05, 0) is 61.9 Å². The molecule has 0 radical (unpaired) electrons. The molecular formula is C20H30ClN3O2. The van der Waals surface area contributed by atoms with Gasteiger partial charge in [-0.25, -0.2) is 0 Å². The van der Waals surface area contributed by atoms with Crippen molar-refractivity contribution >= 4 is 29.1 Å². The number of carbonyl (C=O) groups is 2. The third kappa shape index (κ3) is 6.96. The third-order valence-electron chi connectivity index (χ3n) is 4.42. The van der Waals surface area contributed by atoms with E-state index in [1.165, 1.54) is 12.8 Å². The van der Waals surface area contributed by atoms with E-state index >= 15 is 0 Å². The molecule has 144 valence electrons. The average Bonchev–Trinajstić information content (AvgIpc) is 2.55. The predicted octanol–water partition coefficient (Wildman–Crippen LogP) is 3.83. The minimum atomic E-state index is -0.203.